The van der Waals surface area contributed by atoms with Crippen molar-refractivity contribution in [2.75, 3.05) is 18.0 Å². The van der Waals surface area contributed by atoms with Crippen LogP contribution in [0.3, 0.4) is 0 Å². The van der Waals surface area contributed by atoms with Crippen LogP contribution in [0.1, 0.15) is 31.2 Å². The van der Waals surface area contributed by atoms with Gasteiger partial charge in [0.25, 0.3) is 0 Å². The van der Waals surface area contributed by atoms with Gasteiger partial charge in [-0.05, 0) is 50.4 Å². The van der Waals surface area contributed by atoms with Crippen molar-refractivity contribution in [2.24, 2.45) is 5.73 Å². The van der Waals surface area contributed by atoms with Crippen LogP contribution >= 0.6 is 15.9 Å². The van der Waals surface area contributed by atoms with Crippen LogP contribution < -0.4 is 10.6 Å². The summed E-state index contributed by atoms with van der Waals surface area (Å²) in [6.45, 7) is 1.78. The highest BCUT2D eigenvalue weighted by Crippen LogP contribution is 2.29. The molecule has 1 saturated heterocycles. The van der Waals surface area contributed by atoms with Gasteiger partial charge in [0.1, 0.15) is 0 Å². The van der Waals surface area contributed by atoms with Gasteiger partial charge in [-0.25, -0.2) is 0 Å². The average Bonchev–Trinajstić information content (AvgIpc) is 2.39. The number of benzene rings is 1. The Balaban J connectivity index is 2.27. The van der Waals surface area contributed by atoms with Crippen molar-refractivity contribution in [3.05, 3.63) is 28.2 Å². The highest BCUT2D eigenvalue weighted by molar-refractivity contribution is 9.10. The Bertz CT molecular complexity index is 451. The summed E-state index contributed by atoms with van der Waals surface area (Å²) in [5, 5.41) is 9.04. The smallest absolute Gasteiger partial charge is 0.0992 e. The second-order valence-corrected chi connectivity index (χ2v) is 5.65. The Morgan fingerprint density at radius 1 is 1.39 bits per heavy atom. The van der Waals surface area contributed by atoms with Gasteiger partial charge >= 0.3 is 0 Å². The standard InChI is InChI=1S/C14H18BrN3/c15-12-7-11(10-17)8-14(9-12)18-6-2-1-3-13(18)4-5-16/h7-9,13H,1-6,16H2. The van der Waals surface area contributed by atoms with Crippen LogP contribution in [0, 0.1) is 11.3 Å². The minimum atomic E-state index is 0.518. The molecule has 0 aliphatic carbocycles. The quantitative estimate of drug-likeness (QED) is 0.934. The van der Waals surface area contributed by atoms with Gasteiger partial charge in [-0.2, -0.15) is 5.26 Å². The molecule has 96 valence electrons. The first-order valence-electron chi connectivity index (χ1n) is 6.42. The van der Waals surface area contributed by atoms with E-state index in [1.807, 2.05) is 12.1 Å². The molecule has 1 aliphatic heterocycles. The van der Waals surface area contributed by atoms with Crippen LogP contribution in [0.2, 0.25) is 0 Å². The van der Waals surface area contributed by atoms with Gasteiger partial charge in [-0.3, -0.25) is 0 Å². The Morgan fingerprint density at radius 2 is 2.22 bits per heavy atom. The zero-order valence-electron chi connectivity index (χ0n) is 10.4. The summed E-state index contributed by atoms with van der Waals surface area (Å²) in [7, 11) is 0. The summed E-state index contributed by atoms with van der Waals surface area (Å²) in [5.74, 6) is 0. The third-order valence-corrected chi connectivity index (χ3v) is 3.93. The van der Waals surface area contributed by atoms with E-state index in [4.69, 9.17) is 11.0 Å². The van der Waals surface area contributed by atoms with E-state index >= 15 is 0 Å². The lowest BCUT2D eigenvalue weighted by Crippen LogP contribution is -2.40. The fourth-order valence-corrected chi connectivity index (χ4v) is 3.12. The number of hydrogen-bond acceptors (Lipinski definition) is 3. The number of hydrogen-bond donors (Lipinski definition) is 1. The normalized spacial score (nSPS) is 19.6. The molecule has 2 rings (SSSR count). The number of piperidine rings is 1. The van der Waals surface area contributed by atoms with E-state index in [0.29, 0.717) is 11.6 Å². The number of nitrogens with two attached hydrogens (primary N) is 1. The van der Waals surface area contributed by atoms with Crippen molar-refractivity contribution in [2.45, 2.75) is 31.7 Å². The molecule has 1 fully saturated rings. The van der Waals surface area contributed by atoms with Crippen molar-refractivity contribution in [1.82, 2.24) is 0 Å². The van der Waals surface area contributed by atoms with E-state index < -0.39 is 0 Å². The van der Waals surface area contributed by atoms with E-state index in [0.717, 1.165) is 29.7 Å². The number of nitriles is 1. The summed E-state index contributed by atoms with van der Waals surface area (Å²) in [6.07, 6.45) is 4.72. The van der Waals surface area contributed by atoms with Crippen molar-refractivity contribution >= 4 is 21.6 Å². The predicted octanol–water partition coefficient (Wildman–Crippen LogP) is 3.03. The zero-order valence-corrected chi connectivity index (χ0v) is 12.0. The molecule has 4 heteroatoms. The van der Waals surface area contributed by atoms with E-state index in [9.17, 15) is 0 Å². The van der Waals surface area contributed by atoms with E-state index in [2.05, 4.69) is 33.0 Å². The molecule has 1 aromatic carbocycles. The SMILES string of the molecule is N#Cc1cc(Br)cc(N2CCCCC2CCN)c1. The topological polar surface area (TPSA) is 53.0 Å². The van der Waals surface area contributed by atoms with Crippen molar-refractivity contribution < 1.29 is 0 Å². The van der Waals surface area contributed by atoms with Gasteiger partial charge in [-0.1, -0.05) is 15.9 Å². The molecule has 0 spiro atoms. The van der Waals surface area contributed by atoms with Crippen molar-refractivity contribution in [3.63, 3.8) is 0 Å². The number of nitrogens with zero attached hydrogens (tertiary/aromatic N) is 2. The second kappa shape index (κ2) is 6.21. The van der Waals surface area contributed by atoms with E-state index in [1.54, 1.807) is 0 Å². The fraction of sp³-hybridized carbons (Fsp3) is 0.500. The Hall–Kier alpha value is -1.05. The molecule has 0 radical (unpaired) electrons. The monoisotopic (exact) mass is 307 g/mol. The molecular formula is C14H18BrN3. The van der Waals surface area contributed by atoms with Crippen LogP contribution in [-0.4, -0.2) is 19.1 Å². The summed E-state index contributed by atoms with van der Waals surface area (Å²) in [5.41, 5.74) is 7.54. The maximum absolute atomic E-state index is 9.04. The molecule has 18 heavy (non-hydrogen) atoms. The predicted molar refractivity (Wildman–Crippen MR) is 77.5 cm³/mol. The number of halogens is 1. The van der Waals surface area contributed by atoms with E-state index in [1.165, 1.54) is 19.3 Å². The van der Waals surface area contributed by atoms with Gasteiger partial charge in [0.2, 0.25) is 0 Å². The summed E-state index contributed by atoms with van der Waals surface area (Å²) >= 11 is 3.48. The first kappa shape index (κ1) is 13.4. The van der Waals surface area contributed by atoms with Gasteiger partial charge in [0, 0.05) is 22.7 Å². The lowest BCUT2D eigenvalue weighted by molar-refractivity contribution is 0.442. The van der Waals surface area contributed by atoms with Crippen LogP contribution in [0.15, 0.2) is 22.7 Å². The average molecular weight is 308 g/mol. The lowest BCUT2D eigenvalue weighted by Gasteiger charge is -2.37. The third kappa shape index (κ3) is 3.04. The van der Waals surface area contributed by atoms with Crippen LogP contribution in [0.25, 0.3) is 0 Å². The molecular weight excluding hydrogens is 290 g/mol. The van der Waals surface area contributed by atoms with Gasteiger partial charge in [0.15, 0.2) is 0 Å². The molecule has 2 N–H and O–H groups in total. The molecule has 1 aromatic rings. The molecule has 0 bridgehead atoms. The minimum absolute atomic E-state index is 0.518. The third-order valence-electron chi connectivity index (χ3n) is 3.47. The number of anilines is 1. The highest BCUT2D eigenvalue weighted by atomic mass is 79.9. The summed E-state index contributed by atoms with van der Waals surface area (Å²) < 4.78 is 0.966. The molecule has 1 aliphatic rings. The molecule has 0 saturated carbocycles. The zero-order chi connectivity index (χ0) is 13.0. The highest BCUT2D eigenvalue weighted by Gasteiger charge is 2.22. The molecule has 1 unspecified atom stereocenters. The van der Waals surface area contributed by atoms with Gasteiger partial charge < -0.3 is 10.6 Å². The van der Waals surface area contributed by atoms with Crippen molar-refractivity contribution in [3.8, 4) is 6.07 Å². The Morgan fingerprint density at radius 3 is 2.94 bits per heavy atom. The van der Waals surface area contributed by atoms with Gasteiger partial charge in [-0.15, -0.1) is 0 Å². The lowest BCUT2D eigenvalue weighted by atomic mass is 9.98. The summed E-state index contributed by atoms with van der Waals surface area (Å²) in [6, 6.07) is 8.65. The van der Waals surface area contributed by atoms with Crippen LogP contribution in [0.5, 0.6) is 0 Å². The maximum Gasteiger partial charge on any atom is 0.0992 e. The van der Waals surface area contributed by atoms with E-state index in [-0.39, 0.29) is 0 Å². The Kier molecular flexibility index (Phi) is 4.62. The minimum Gasteiger partial charge on any atom is -0.368 e. The summed E-state index contributed by atoms with van der Waals surface area (Å²) in [4.78, 5) is 2.40. The largest absolute Gasteiger partial charge is 0.368 e. The van der Waals surface area contributed by atoms with Crippen LogP contribution in [0.4, 0.5) is 5.69 Å². The molecule has 1 atom stereocenters. The first-order chi connectivity index (χ1) is 8.74. The molecule has 0 amide bonds. The first-order valence-corrected chi connectivity index (χ1v) is 7.21. The van der Waals surface area contributed by atoms with Crippen molar-refractivity contribution in [1.29, 1.82) is 5.26 Å². The number of rotatable bonds is 3. The Labute approximate surface area is 117 Å². The molecule has 0 aromatic heterocycles. The second-order valence-electron chi connectivity index (χ2n) is 4.73. The fourth-order valence-electron chi connectivity index (χ4n) is 2.64. The maximum atomic E-state index is 9.04. The molecule has 3 nitrogen and oxygen atoms in total. The van der Waals surface area contributed by atoms with Gasteiger partial charge in [0.05, 0.1) is 11.6 Å². The molecule has 1 heterocycles. The van der Waals surface area contributed by atoms with Crippen LogP contribution in [-0.2, 0) is 0 Å².